The number of carbonyl (C=O) groups is 3. The van der Waals surface area contributed by atoms with Crippen molar-refractivity contribution in [1.82, 2.24) is 10.6 Å². The zero-order valence-electron chi connectivity index (χ0n) is 12.7. The molecule has 0 aliphatic rings. The highest BCUT2D eigenvalue weighted by Gasteiger charge is 2.15. The number of ether oxygens (including phenoxy) is 1. The van der Waals surface area contributed by atoms with Crippen molar-refractivity contribution in [2.45, 2.75) is 26.7 Å². The van der Waals surface area contributed by atoms with E-state index in [1.54, 1.807) is 6.07 Å². The first kappa shape index (κ1) is 17.9. The number of aryl methyl sites for hydroxylation is 2. The summed E-state index contributed by atoms with van der Waals surface area (Å²) in [4.78, 5) is 36.1. The summed E-state index contributed by atoms with van der Waals surface area (Å²) in [6.45, 7) is 7.19. The minimum atomic E-state index is -0.683. The van der Waals surface area contributed by atoms with Crippen LogP contribution in [0.25, 0.3) is 0 Å². The SMILES string of the molecule is C=CCNC(=O)NC(=O)COC(=O)c1cc(CCC)c(C)s1. The van der Waals surface area contributed by atoms with Crippen LogP contribution >= 0.6 is 11.3 Å². The predicted molar refractivity (Wildman–Crippen MR) is 85.1 cm³/mol. The molecule has 0 saturated carbocycles. The van der Waals surface area contributed by atoms with Crippen LogP contribution in [0, 0.1) is 6.92 Å². The number of nitrogens with one attached hydrogen (secondary N) is 2. The Morgan fingerprint density at radius 2 is 2.14 bits per heavy atom. The maximum absolute atomic E-state index is 11.9. The molecule has 22 heavy (non-hydrogen) atoms. The van der Waals surface area contributed by atoms with Crippen LogP contribution in [-0.2, 0) is 16.0 Å². The van der Waals surface area contributed by atoms with Gasteiger partial charge in [-0.25, -0.2) is 9.59 Å². The smallest absolute Gasteiger partial charge is 0.348 e. The molecule has 7 heteroatoms. The van der Waals surface area contributed by atoms with Crippen LogP contribution in [0.1, 0.15) is 33.5 Å². The van der Waals surface area contributed by atoms with E-state index in [1.807, 2.05) is 12.2 Å². The summed E-state index contributed by atoms with van der Waals surface area (Å²) in [5, 5.41) is 4.43. The first-order valence-electron chi connectivity index (χ1n) is 6.93. The van der Waals surface area contributed by atoms with Crippen molar-refractivity contribution in [3.8, 4) is 0 Å². The molecule has 120 valence electrons. The molecular weight excluding hydrogens is 304 g/mol. The van der Waals surface area contributed by atoms with Gasteiger partial charge in [0.2, 0.25) is 0 Å². The number of urea groups is 1. The molecule has 0 atom stereocenters. The molecule has 1 aromatic heterocycles. The molecule has 1 aromatic rings. The second kappa shape index (κ2) is 8.99. The lowest BCUT2D eigenvalue weighted by molar-refractivity contribution is -0.123. The Bertz CT molecular complexity index is 566. The average Bonchev–Trinajstić information content (AvgIpc) is 2.84. The topological polar surface area (TPSA) is 84.5 Å². The van der Waals surface area contributed by atoms with E-state index in [1.165, 1.54) is 17.4 Å². The van der Waals surface area contributed by atoms with Crippen LogP contribution < -0.4 is 10.6 Å². The van der Waals surface area contributed by atoms with E-state index in [0.29, 0.717) is 4.88 Å². The van der Waals surface area contributed by atoms with Gasteiger partial charge in [-0.3, -0.25) is 10.1 Å². The summed E-state index contributed by atoms with van der Waals surface area (Å²) in [5.74, 6) is -1.24. The van der Waals surface area contributed by atoms with Crippen molar-refractivity contribution >= 4 is 29.2 Å². The fraction of sp³-hybridized carbons (Fsp3) is 0.400. The average molecular weight is 324 g/mol. The molecule has 0 unspecified atom stereocenters. The van der Waals surface area contributed by atoms with Gasteiger partial charge in [0.25, 0.3) is 5.91 Å². The van der Waals surface area contributed by atoms with Crippen molar-refractivity contribution in [3.05, 3.63) is 34.0 Å². The number of hydrogen-bond acceptors (Lipinski definition) is 5. The summed E-state index contributed by atoms with van der Waals surface area (Å²) in [6, 6.07) is 1.14. The molecule has 0 spiro atoms. The Hall–Kier alpha value is -2.15. The zero-order chi connectivity index (χ0) is 16.5. The molecule has 0 aliphatic carbocycles. The van der Waals surface area contributed by atoms with Crippen molar-refractivity contribution in [2.75, 3.05) is 13.2 Å². The molecular formula is C15H20N2O4S. The van der Waals surface area contributed by atoms with Gasteiger partial charge in [-0.1, -0.05) is 19.4 Å². The van der Waals surface area contributed by atoms with Crippen LogP contribution in [0.2, 0.25) is 0 Å². The van der Waals surface area contributed by atoms with E-state index in [-0.39, 0.29) is 6.54 Å². The van der Waals surface area contributed by atoms with Crippen molar-refractivity contribution in [2.24, 2.45) is 0 Å². The van der Waals surface area contributed by atoms with Gasteiger partial charge < -0.3 is 10.1 Å². The highest BCUT2D eigenvalue weighted by Crippen LogP contribution is 2.23. The van der Waals surface area contributed by atoms with E-state index < -0.39 is 24.5 Å². The molecule has 6 nitrogen and oxygen atoms in total. The minimum Gasteiger partial charge on any atom is -0.451 e. The highest BCUT2D eigenvalue weighted by molar-refractivity contribution is 7.14. The second-order valence-corrected chi connectivity index (χ2v) is 5.82. The van der Waals surface area contributed by atoms with Crippen LogP contribution in [0.3, 0.4) is 0 Å². The van der Waals surface area contributed by atoms with E-state index in [0.717, 1.165) is 23.3 Å². The van der Waals surface area contributed by atoms with Gasteiger partial charge in [-0.2, -0.15) is 0 Å². The molecule has 1 rings (SSSR count). The largest absolute Gasteiger partial charge is 0.451 e. The van der Waals surface area contributed by atoms with Gasteiger partial charge >= 0.3 is 12.0 Å². The van der Waals surface area contributed by atoms with Crippen LogP contribution in [0.5, 0.6) is 0 Å². The standard InChI is InChI=1S/C15H20N2O4S/c1-4-6-11-8-12(22-10(11)3)14(19)21-9-13(18)17-15(20)16-7-5-2/h5,8H,2,4,6-7,9H2,1,3H3,(H2,16,17,18,20). The molecule has 1 heterocycles. The van der Waals surface area contributed by atoms with E-state index in [9.17, 15) is 14.4 Å². The monoisotopic (exact) mass is 324 g/mol. The van der Waals surface area contributed by atoms with E-state index >= 15 is 0 Å². The van der Waals surface area contributed by atoms with Gasteiger partial charge in [0.05, 0.1) is 0 Å². The maximum atomic E-state index is 11.9. The number of esters is 1. The third kappa shape index (κ3) is 5.69. The first-order valence-corrected chi connectivity index (χ1v) is 7.74. The van der Waals surface area contributed by atoms with Gasteiger partial charge in [-0.15, -0.1) is 17.9 Å². The molecule has 3 amide bonds. The molecule has 0 aromatic carbocycles. The Labute approximate surface area is 133 Å². The highest BCUT2D eigenvalue weighted by atomic mass is 32.1. The molecule has 0 saturated heterocycles. The number of carbonyl (C=O) groups excluding carboxylic acids is 3. The van der Waals surface area contributed by atoms with Crippen molar-refractivity contribution in [3.63, 3.8) is 0 Å². The number of imide groups is 1. The first-order chi connectivity index (χ1) is 10.5. The lowest BCUT2D eigenvalue weighted by Crippen LogP contribution is -2.41. The Kier molecular flexibility index (Phi) is 7.31. The zero-order valence-corrected chi connectivity index (χ0v) is 13.5. The molecule has 0 radical (unpaired) electrons. The van der Waals surface area contributed by atoms with Crippen molar-refractivity contribution in [1.29, 1.82) is 0 Å². The number of rotatable bonds is 7. The summed E-state index contributed by atoms with van der Waals surface area (Å²) in [5.41, 5.74) is 1.12. The van der Waals surface area contributed by atoms with Crippen LogP contribution in [0.15, 0.2) is 18.7 Å². The fourth-order valence-corrected chi connectivity index (χ4v) is 2.68. The van der Waals surface area contributed by atoms with Gasteiger partial charge in [0.1, 0.15) is 4.88 Å². The van der Waals surface area contributed by atoms with Gasteiger partial charge in [0, 0.05) is 11.4 Å². The number of thiophene rings is 1. The second-order valence-electron chi connectivity index (χ2n) is 4.57. The van der Waals surface area contributed by atoms with Gasteiger partial charge in [-0.05, 0) is 25.0 Å². The molecule has 0 fully saturated rings. The van der Waals surface area contributed by atoms with Crippen molar-refractivity contribution < 1.29 is 19.1 Å². The van der Waals surface area contributed by atoms with E-state index in [4.69, 9.17) is 4.74 Å². The van der Waals surface area contributed by atoms with Crippen LogP contribution in [-0.4, -0.2) is 31.1 Å². The summed E-state index contributed by atoms with van der Waals surface area (Å²) < 4.78 is 4.90. The third-order valence-corrected chi connectivity index (χ3v) is 3.81. The quantitative estimate of drug-likeness (QED) is 0.595. The van der Waals surface area contributed by atoms with E-state index in [2.05, 4.69) is 18.8 Å². The normalized spacial score (nSPS) is 9.91. The molecule has 2 N–H and O–H groups in total. The number of hydrogen-bond donors (Lipinski definition) is 2. The Balaban J connectivity index is 2.45. The predicted octanol–water partition coefficient (Wildman–Crippen LogP) is 2.18. The minimum absolute atomic E-state index is 0.244. The maximum Gasteiger partial charge on any atom is 0.348 e. The summed E-state index contributed by atoms with van der Waals surface area (Å²) >= 11 is 1.34. The molecule has 0 aliphatic heterocycles. The number of amides is 3. The third-order valence-electron chi connectivity index (χ3n) is 2.74. The summed E-state index contributed by atoms with van der Waals surface area (Å²) in [6.07, 6.45) is 3.38. The van der Waals surface area contributed by atoms with Gasteiger partial charge in [0.15, 0.2) is 6.61 Å². The fourth-order valence-electron chi connectivity index (χ4n) is 1.71. The summed E-state index contributed by atoms with van der Waals surface area (Å²) in [7, 11) is 0. The Morgan fingerprint density at radius 3 is 2.77 bits per heavy atom. The van der Waals surface area contributed by atoms with Crippen LogP contribution in [0.4, 0.5) is 4.79 Å². The molecule has 0 bridgehead atoms. The lowest BCUT2D eigenvalue weighted by atomic mass is 10.1. The Morgan fingerprint density at radius 1 is 1.41 bits per heavy atom. The lowest BCUT2D eigenvalue weighted by Gasteiger charge is -2.05.